The SMILES string of the molecule is CC(=O)OC(C)CO.CC(O)CO. The smallest absolute Gasteiger partial charge is 0.302 e. The zero-order chi connectivity index (χ0) is 10.9. The topological polar surface area (TPSA) is 87.0 Å². The highest BCUT2D eigenvalue weighted by atomic mass is 16.5. The van der Waals surface area contributed by atoms with Crippen molar-refractivity contribution < 1.29 is 24.9 Å². The first-order chi connectivity index (χ1) is 5.93. The molecular formula is C8H18O5. The van der Waals surface area contributed by atoms with Crippen LogP contribution in [0.2, 0.25) is 0 Å². The summed E-state index contributed by atoms with van der Waals surface area (Å²) in [6.45, 7) is 4.22. The minimum Gasteiger partial charge on any atom is -0.460 e. The van der Waals surface area contributed by atoms with Crippen molar-refractivity contribution in [2.45, 2.75) is 33.0 Å². The van der Waals surface area contributed by atoms with Crippen LogP contribution in [-0.4, -0.2) is 46.7 Å². The third-order valence-corrected chi connectivity index (χ3v) is 0.888. The third kappa shape index (κ3) is 18.4. The molecule has 5 heteroatoms. The van der Waals surface area contributed by atoms with Crippen LogP contribution >= 0.6 is 0 Å². The average molecular weight is 194 g/mol. The molecule has 80 valence electrons. The summed E-state index contributed by atoms with van der Waals surface area (Å²) in [4.78, 5) is 10.1. The van der Waals surface area contributed by atoms with Crippen molar-refractivity contribution in [2.24, 2.45) is 0 Å². The molecule has 0 aliphatic heterocycles. The molecule has 13 heavy (non-hydrogen) atoms. The first-order valence-electron chi connectivity index (χ1n) is 4.01. The number of carbonyl (C=O) groups excluding carboxylic acids is 1. The number of esters is 1. The van der Waals surface area contributed by atoms with Gasteiger partial charge in [0.05, 0.1) is 19.3 Å². The Kier molecular flexibility index (Phi) is 10.8. The van der Waals surface area contributed by atoms with Gasteiger partial charge < -0.3 is 20.1 Å². The Morgan fingerprint density at radius 1 is 1.31 bits per heavy atom. The van der Waals surface area contributed by atoms with Gasteiger partial charge in [-0.05, 0) is 13.8 Å². The van der Waals surface area contributed by atoms with Gasteiger partial charge in [-0.25, -0.2) is 0 Å². The lowest BCUT2D eigenvalue weighted by Gasteiger charge is -2.05. The second-order valence-electron chi connectivity index (χ2n) is 2.63. The minimum atomic E-state index is -0.560. The van der Waals surface area contributed by atoms with Gasteiger partial charge in [0, 0.05) is 6.92 Å². The number of rotatable bonds is 3. The van der Waals surface area contributed by atoms with E-state index in [1.54, 1.807) is 6.92 Å². The fourth-order valence-electron chi connectivity index (χ4n) is 0.321. The number of hydrogen-bond donors (Lipinski definition) is 3. The van der Waals surface area contributed by atoms with Crippen LogP contribution in [0.15, 0.2) is 0 Å². The molecular weight excluding hydrogens is 176 g/mol. The summed E-state index contributed by atoms with van der Waals surface area (Å²) >= 11 is 0. The summed E-state index contributed by atoms with van der Waals surface area (Å²) in [7, 11) is 0. The molecule has 0 spiro atoms. The summed E-state index contributed by atoms with van der Waals surface area (Å²) in [5.41, 5.74) is 0. The Hall–Kier alpha value is -0.650. The van der Waals surface area contributed by atoms with E-state index in [1.807, 2.05) is 0 Å². The molecule has 0 bridgehead atoms. The van der Waals surface area contributed by atoms with E-state index in [0.29, 0.717) is 0 Å². The lowest BCUT2D eigenvalue weighted by molar-refractivity contribution is -0.147. The molecule has 0 saturated carbocycles. The summed E-state index contributed by atoms with van der Waals surface area (Å²) in [6, 6.07) is 0. The maximum absolute atomic E-state index is 10.1. The number of ether oxygens (including phenoxy) is 1. The second-order valence-corrected chi connectivity index (χ2v) is 2.63. The van der Waals surface area contributed by atoms with E-state index < -0.39 is 6.10 Å². The fraction of sp³-hybridized carbons (Fsp3) is 0.875. The molecule has 3 N–H and O–H groups in total. The molecule has 0 heterocycles. The molecule has 0 rings (SSSR count). The molecule has 0 aromatic heterocycles. The van der Waals surface area contributed by atoms with Gasteiger partial charge in [0.1, 0.15) is 6.10 Å². The largest absolute Gasteiger partial charge is 0.460 e. The van der Waals surface area contributed by atoms with Crippen LogP contribution in [0.25, 0.3) is 0 Å². The highest BCUT2D eigenvalue weighted by molar-refractivity contribution is 5.66. The van der Waals surface area contributed by atoms with Crippen molar-refractivity contribution in [1.82, 2.24) is 0 Å². The van der Waals surface area contributed by atoms with E-state index in [-0.39, 0.29) is 25.3 Å². The minimum absolute atomic E-state index is 0.112. The van der Waals surface area contributed by atoms with Crippen LogP contribution in [0.1, 0.15) is 20.8 Å². The van der Waals surface area contributed by atoms with Gasteiger partial charge in [0.2, 0.25) is 0 Å². The molecule has 0 aliphatic rings. The zero-order valence-corrected chi connectivity index (χ0v) is 8.23. The van der Waals surface area contributed by atoms with E-state index in [0.717, 1.165) is 0 Å². The van der Waals surface area contributed by atoms with Gasteiger partial charge in [-0.3, -0.25) is 4.79 Å². The van der Waals surface area contributed by atoms with Gasteiger partial charge >= 0.3 is 5.97 Å². The molecule has 2 atom stereocenters. The monoisotopic (exact) mass is 194 g/mol. The van der Waals surface area contributed by atoms with Crippen LogP contribution in [0.3, 0.4) is 0 Å². The van der Waals surface area contributed by atoms with Gasteiger partial charge in [0.25, 0.3) is 0 Å². The molecule has 5 nitrogen and oxygen atoms in total. The van der Waals surface area contributed by atoms with Crippen LogP contribution in [-0.2, 0) is 9.53 Å². The Morgan fingerprint density at radius 2 is 1.69 bits per heavy atom. The Balaban J connectivity index is 0. The van der Waals surface area contributed by atoms with Crippen molar-refractivity contribution in [3.05, 3.63) is 0 Å². The predicted octanol–water partition coefficient (Wildman–Crippen LogP) is -0.710. The molecule has 0 fully saturated rings. The molecule has 0 radical (unpaired) electrons. The molecule has 0 aromatic rings. The van der Waals surface area contributed by atoms with Gasteiger partial charge in [0.15, 0.2) is 0 Å². The summed E-state index contributed by atoms with van der Waals surface area (Å²) in [5.74, 6) is -0.355. The standard InChI is InChI=1S/C5H10O3.C3H8O2/c1-4(3-6)8-5(2)7;1-3(5)2-4/h4,6H,3H2,1-2H3;3-5H,2H2,1H3. The second kappa shape index (κ2) is 9.44. The highest BCUT2D eigenvalue weighted by Gasteiger charge is 2.00. The molecule has 0 amide bonds. The molecule has 0 aliphatic carbocycles. The van der Waals surface area contributed by atoms with Gasteiger partial charge in [-0.1, -0.05) is 0 Å². The lowest BCUT2D eigenvalue weighted by atomic mass is 10.4. The van der Waals surface area contributed by atoms with E-state index in [9.17, 15) is 4.79 Å². The van der Waals surface area contributed by atoms with Crippen molar-refractivity contribution >= 4 is 5.97 Å². The number of carbonyl (C=O) groups is 1. The van der Waals surface area contributed by atoms with Crippen LogP contribution in [0, 0.1) is 0 Å². The quantitative estimate of drug-likeness (QED) is 0.517. The lowest BCUT2D eigenvalue weighted by Crippen LogP contribution is -2.15. The predicted molar refractivity (Wildman–Crippen MR) is 47.1 cm³/mol. The van der Waals surface area contributed by atoms with Crippen LogP contribution < -0.4 is 0 Å². The number of hydrogen-bond acceptors (Lipinski definition) is 5. The van der Waals surface area contributed by atoms with E-state index in [1.165, 1.54) is 13.8 Å². The summed E-state index contributed by atoms with van der Waals surface area (Å²) in [6.07, 6.45) is -0.928. The molecule has 2 unspecified atom stereocenters. The normalized spacial score (nSPS) is 13.7. The van der Waals surface area contributed by atoms with E-state index >= 15 is 0 Å². The highest BCUT2D eigenvalue weighted by Crippen LogP contribution is 1.86. The maximum atomic E-state index is 10.1. The maximum Gasteiger partial charge on any atom is 0.302 e. The number of aliphatic hydroxyl groups excluding tert-OH is 3. The van der Waals surface area contributed by atoms with Crippen molar-refractivity contribution in [1.29, 1.82) is 0 Å². The zero-order valence-electron chi connectivity index (χ0n) is 8.23. The van der Waals surface area contributed by atoms with E-state index in [4.69, 9.17) is 15.3 Å². The summed E-state index contributed by atoms with van der Waals surface area (Å²) in [5, 5.41) is 24.3. The Bertz CT molecular complexity index is 124. The first-order valence-corrected chi connectivity index (χ1v) is 4.01. The Labute approximate surface area is 78.0 Å². The third-order valence-electron chi connectivity index (χ3n) is 0.888. The average Bonchev–Trinajstić information content (AvgIpc) is 2.04. The fourth-order valence-corrected chi connectivity index (χ4v) is 0.321. The van der Waals surface area contributed by atoms with E-state index in [2.05, 4.69) is 4.74 Å². The van der Waals surface area contributed by atoms with Crippen molar-refractivity contribution in [2.75, 3.05) is 13.2 Å². The molecule has 0 saturated heterocycles. The molecule has 0 aromatic carbocycles. The van der Waals surface area contributed by atoms with Gasteiger partial charge in [-0.15, -0.1) is 0 Å². The van der Waals surface area contributed by atoms with Crippen molar-refractivity contribution in [3.8, 4) is 0 Å². The Morgan fingerprint density at radius 3 is 1.77 bits per heavy atom. The van der Waals surface area contributed by atoms with Crippen molar-refractivity contribution in [3.63, 3.8) is 0 Å². The van der Waals surface area contributed by atoms with Crippen LogP contribution in [0.4, 0.5) is 0 Å². The van der Waals surface area contributed by atoms with Crippen LogP contribution in [0.5, 0.6) is 0 Å². The first kappa shape index (κ1) is 14.9. The summed E-state index contributed by atoms with van der Waals surface area (Å²) < 4.78 is 4.51. The number of aliphatic hydroxyl groups is 3. The van der Waals surface area contributed by atoms with Gasteiger partial charge in [-0.2, -0.15) is 0 Å².